The molecule has 0 aliphatic carbocycles. The van der Waals surface area contributed by atoms with E-state index in [1.807, 2.05) is 0 Å². The average molecular weight is 306 g/mol. The topological polar surface area (TPSA) is 34.1 Å². The molecule has 0 bridgehead atoms. The molecule has 0 aliphatic rings. The number of aromatic nitrogens is 1. The van der Waals surface area contributed by atoms with Gasteiger partial charge in [-0.3, -0.25) is 0 Å². The minimum Gasteiger partial charge on any atom is -0.494 e. The lowest BCUT2D eigenvalue weighted by Crippen LogP contribution is -2.01. The summed E-state index contributed by atoms with van der Waals surface area (Å²) in [5, 5.41) is 2.85. The molecular weight excluding hydrogens is 296 g/mol. The van der Waals surface area contributed by atoms with Gasteiger partial charge < -0.3 is 10.1 Å². The molecule has 2 aromatic rings. The van der Waals surface area contributed by atoms with Gasteiger partial charge >= 0.3 is 6.18 Å². The predicted molar refractivity (Wildman–Crippen MR) is 67.4 cm³/mol. The fourth-order valence-corrected chi connectivity index (χ4v) is 2.16. The SMILES string of the molecule is COc1ccc(CNc2ncc(C(F)(F)F)s2)cc1F. The van der Waals surface area contributed by atoms with E-state index >= 15 is 0 Å². The number of nitrogens with one attached hydrogen (secondary N) is 1. The van der Waals surface area contributed by atoms with E-state index in [9.17, 15) is 17.6 Å². The van der Waals surface area contributed by atoms with E-state index in [1.54, 1.807) is 6.07 Å². The number of hydrogen-bond donors (Lipinski definition) is 1. The molecule has 20 heavy (non-hydrogen) atoms. The summed E-state index contributed by atoms with van der Waals surface area (Å²) in [4.78, 5) is 2.85. The van der Waals surface area contributed by atoms with Crippen molar-refractivity contribution in [2.75, 3.05) is 12.4 Å². The lowest BCUT2D eigenvalue weighted by Gasteiger charge is -2.06. The Morgan fingerprint density at radius 1 is 1.35 bits per heavy atom. The summed E-state index contributed by atoms with van der Waals surface area (Å²) in [6.45, 7) is 0.172. The van der Waals surface area contributed by atoms with E-state index < -0.39 is 16.9 Å². The van der Waals surface area contributed by atoms with Gasteiger partial charge in [0.25, 0.3) is 0 Å². The van der Waals surface area contributed by atoms with Crippen molar-refractivity contribution < 1.29 is 22.3 Å². The largest absolute Gasteiger partial charge is 0.494 e. The third kappa shape index (κ3) is 3.38. The Morgan fingerprint density at radius 3 is 2.65 bits per heavy atom. The van der Waals surface area contributed by atoms with Gasteiger partial charge in [-0.05, 0) is 17.7 Å². The van der Waals surface area contributed by atoms with Crippen LogP contribution in [0.1, 0.15) is 10.4 Å². The standard InChI is InChI=1S/C12H10F4N2OS/c1-19-9-3-2-7(4-8(9)13)5-17-11-18-6-10(20-11)12(14,15)16/h2-4,6H,5H2,1H3,(H,17,18). The van der Waals surface area contributed by atoms with Crippen molar-refractivity contribution in [3.05, 3.63) is 40.7 Å². The number of thiazole rings is 1. The van der Waals surface area contributed by atoms with E-state index in [0.717, 1.165) is 6.20 Å². The zero-order valence-electron chi connectivity index (χ0n) is 10.3. The van der Waals surface area contributed by atoms with Gasteiger partial charge in [-0.25, -0.2) is 9.37 Å². The van der Waals surface area contributed by atoms with Gasteiger partial charge in [0, 0.05) is 6.54 Å². The normalized spacial score (nSPS) is 11.4. The fourth-order valence-electron chi connectivity index (χ4n) is 1.48. The number of anilines is 1. The fraction of sp³-hybridized carbons (Fsp3) is 0.250. The second-order valence-electron chi connectivity index (χ2n) is 3.85. The molecule has 3 nitrogen and oxygen atoms in total. The van der Waals surface area contributed by atoms with Crippen LogP contribution >= 0.6 is 11.3 Å². The maximum absolute atomic E-state index is 13.4. The first-order valence-corrected chi connectivity index (χ1v) is 6.31. The first-order chi connectivity index (χ1) is 9.40. The summed E-state index contributed by atoms with van der Waals surface area (Å²) >= 11 is 0.505. The van der Waals surface area contributed by atoms with E-state index in [4.69, 9.17) is 4.74 Å². The number of halogens is 4. The monoisotopic (exact) mass is 306 g/mol. The maximum atomic E-state index is 13.4. The molecule has 1 aromatic heterocycles. The van der Waals surface area contributed by atoms with E-state index in [1.165, 1.54) is 19.2 Å². The van der Waals surface area contributed by atoms with Crippen molar-refractivity contribution in [1.29, 1.82) is 0 Å². The van der Waals surface area contributed by atoms with Crippen LogP contribution in [-0.4, -0.2) is 12.1 Å². The Morgan fingerprint density at radius 2 is 2.10 bits per heavy atom. The Hall–Kier alpha value is -1.83. The molecule has 0 radical (unpaired) electrons. The average Bonchev–Trinajstić information content (AvgIpc) is 2.85. The molecule has 1 N–H and O–H groups in total. The van der Waals surface area contributed by atoms with Crippen LogP contribution in [0.5, 0.6) is 5.75 Å². The third-order valence-corrected chi connectivity index (χ3v) is 3.44. The molecule has 0 saturated carbocycles. The first-order valence-electron chi connectivity index (χ1n) is 5.49. The molecule has 1 aromatic carbocycles. The van der Waals surface area contributed by atoms with E-state index in [0.29, 0.717) is 16.9 Å². The van der Waals surface area contributed by atoms with Gasteiger partial charge in [0.1, 0.15) is 4.88 Å². The van der Waals surface area contributed by atoms with Crippen molar-refractivity contribution >= 4 is 16.5 Å². The number of methoxy groups -OCH3 is 1. The second-order valence-corrected chi connectivity index (χ2v) is 4.88. The van der Waals surface area contributed by atoms with Gasteiger partial charge in [0.05, 0.1) is 13.3 Å². The van der Waals surface area contributed by atoms with Crippen molar-refractivity contribution in [3.8, 4) is 5.75 Å². The molecule has 0 atom stereocenters. The van der Waals surface area contributed by atoms with Crippen molar-refractivity contribution in [1.82, 2.24) is 4.98 Å². The van der Waals surface area contributed by atoms with Crippen LogP contribution in [0.25, 0.3) is 0 Å². The van der Waals surface area contributed by atoms with Crippen molar-refractivity contribution in [3.63, 3.8) is 0 Å². The minimum absolute atomic E-state index is 0.113. The van der Waals surface area contributed by atoms with E-state index in [-0.39, 0.29) is 17.4 Å². The number of hydrogen-bond acceptors (Lipinski definition) is 4. The molecule has 0 saturated heterocycles. The Labute approximate surface area is 116 Å². The highest BCUT2D eigenvalue weighted by Gasteiger charge is 2.33. The lowest BCUT2D eigenvalue weighted by molar-refractivity contribution is -0.134. The van der Waals surface area contributed by atoms with Crippen LogP contribution in [-0.2, 0) is 12.7 Å². The molecule has 0 fully saturated rings. The predicted octanol–water partition coefficient (Wildman–Crippen LogP) is 3.92. The quantitative estimate of drug-likeness (QED) is 0.869. The Bertz CT molecular complexity index is 597. The van der Waals surface area contributed by atoms with Gasteiger partial charge in [0.15, 0.2) is 16.7 Å². The molecule has 0 spiro atoms. The molecule has 108 valence electrons. The van der Waals surface area contributed by atoms with Gasteiger partial charge in [-0.15, -0.1) is 0 Å². The third-order valence-electron chi connectivity index (χ3n) is 2.45. The smallest absolute Gasteiger partial charge is 0.427 e. The molecular formula is C12H10F4N2OS. The lowest BCUT2D eigenvalue weighted by atomic mass is 10.2. The van der Waals surface area contributed by atoms with Crippen LogP contribution in [0.2, 0.25) is 0 Å². The number of nitrogens with zero attached hydrogens (tertiary/aromatic N) is 1. The summed E-state index contributed by atoms with van der Waals surface area (Å²) in [6.07, 6.45) is -3.63. The molecule has 0 amide bonds. The van der Waals surface area contributed by atoms with Crippen LogP contribution in [0, 0.1) is 5.82 Å². The molecule has 0 unspecified atom stereocenters. The summed E-state index contributed by atoms with van der Waals surface area (Å²) in [5.41, 5.74) is 0.576. The molecule has 0 aliphatic heterocycles. The van der Waals surface area contributed by atoms with Crippen LogP contribution < -0.4 is 10.1 Å². The van der Waals surface area contributed by atoms with Gasteiger partial charge in [-0.1, -0.05) is 17.4 Å². The Balaban J connectivity index is 2.02. The highest BCUT2D eigenvalue weighted by molar-refractivity contribution is 7.15. The summed E-state index contributed by atoms with van der Waals surface area (Å²) in [5.74, 6) is -0.413. The van der Waals surface area contributed by atoms with Crippen molar-refractivity contribution in [2.45, 2.75) is 12.7 Å². The summed E-state index contributed by atoms with van der Waals surface area (Å²) < 4.78 is 55.3. The van der Waals surface area contributed by atoms with Gasteiger partial charge in [0.2, 0.25) is 0 Å². The maximum Gasteiger partial charge on any atom is 0.427 e. The number of benzene rings is 1. The summed E-state index contributed by atoms with van der Waals surface area (Å²) in [7, 11) is 1.35. The van der Waals surface area contributed by atoms with Crippen LogP contribution in [0.3, 0.4) is 0 Å². The Kier molecular flexibility index (Phi) is 4.12. The molecule has 8 heteroatoms. The zero-order chi connectivity index (χ0) is 14.8. The van der Waals surface area contributed by atoms with E-state index in [2.05, 4.69) is 10.3 Å². The number of ether oxygens (including phenoxy) is 1. The van der Waals surface area contributed by atoms with Crippen LogP contribution in [0.15, 0.2) is 24.4 Å². The van der Waals surface area contributed by atoms with Crippen molar-refractivity contribution in [2.24, 2.45) is 0 Å². The second kappa shape index (κ2) is 5.66. The highest BCUT2D eigenvalue weighted by atomic mass is 32.1. The van der Waals surface area contributed by atoms with Gasteiger partial charge in [-0.2, -0.15) is 13.2 Å². The number of alkyl halides is 3. The molecule has 1 heterocycles. The minimum atomic E-state index is -4.40. The zero-order valence-corrected chi connectivity index (χ0v) is 11.1. The highest BCUT2D eigenvalue weighted by Crippen LogP contribution is 2.35. The summed E-state index contributed by atoms with van der Waals surface area (Å²) in [6, 6.07) is 4.33. The first kappa shape index (κ1) is 14.6. The number of rotatable bonds is 4. The van der Waals surface area contributed by atoms with Crippen LogP contribution in [0.4, 0.5) is 22.7 Å². The molecule has 2 rings (SSSR count).